The molecule has 118 valence electrons. The zero-order chi connectivity index (χ0) is 14.5. The maximum Gasteiger partial charge on any atom is 0.185 e. The summed E-state index contributed by atoms with van der Waals surface area (Å²) in [5, 5.41) is 1.03. The van der Waals surface area contributed by atoms with Gasteiger partial charge >= 0.3 is 0 Å². The maximum atomic E-state index is 5.84. The van der Waals surface area contributed by atoms with Crippen molar-refractivity contribution in [3.63, 3.8) is 0 Å². The molecule has 0 amide bonds. The Bertz CT molecular complexity index is 555. The molecule has 2 aromatic rings. The van der Waals surface area contributed by atoms with Crippen LogP contribution in [-0.2, 0) is 0 Å². The largest absolute Gasteiger partial charge is 1.00 e. The maximum absolute atomic E-state index is 5.84. The Labute approximate surface area is 137 Å². The van der Waals surface area contributed by atoms with E-state index in [1.807, 2.05) is 31.1 Å². The summed E-state index contributed by atoms with van der Waals surface area (Å²) in [6.07, 6.45) is 0. The van der Waals surface area contributed by atoms with Gasteiger partial charge in [0.1, 0.15) is 12.4 Å². The van der Waals surface area contributed by atoms with Crippen LogP contribution in [0.3, 0.4) is 0 Å². The summed E-state index contributed by atoms with van der Waals surface area (Å²) in [5.41, 5.74) is 1.04. The van der Waals surface area contributed by atoms with E-state index in [0.717, 1.165) is 42.6 Å². The van der Waals surface area contributed by atoms with Crippen molar-refractivity contribution in [2.45, 2.75) is 13.8 Å². The van der Waals surface area contributed by atoms with Crippen LogP contribution in [0.2, 0.25) is 0 Å². The zero-order valence-corrected chi connectivity index (χ0v) is 14.7. The fraction of sp³-hybridized carbons (Fsp3) is 0.533. The molecule has 0 spiro atoms. The van der Waals surface area contributed by atoms with Gasteiger partial charge in [-0.15, -0.1) is 0 Å². The van der Waals surface area contributed by atoms with E-state index in [1.54, 1.807) is 11.3 Å². The van der Waals surface area contributed by atoms with Crippen molar-refractivity contribution in [1.82, 2.24) is 9.88 Å². The van der Waals surface area contributed by atoms with Crippen LogP contribution in [0.4, 0.5) is 5.13 Å². The van der Waals surface area contributed by atoms with E-state index >= 15 is 0 Å². The minimum Gasteiger partial charge on any atom is -1.00 e. The monoisotopic (exact) mass is 328 g/mol. The second kappa shape index (κ2) is 8.41. The van der Waals surface area contributed by atoms with Crippen LogP contribution in [0.25, 0.3) is 10.2 Å². The van der Waals surface area contributed by atoms with Crippen LogP contribution in [0, 0.1) is 0 Å². The van der Waals surface area contributed by atoms with Gasteiger partial charge in [0, 0.05) is 20.6 Å². The van der Waals surface area contributed by atoms with E-state index in [1.165, 1.54) is 4.70 Å². The Kier molecular flexibility index (Phi) is 7.22. The van der Waals surface area contributed by atoms with Crippen LogP contribution >= 0.6 is 11.3 Å². The number of likely N-dealkylation sites (N-methyl/N-ethyl adjacent to an activating group) is 1. The lowest BCUT2D eigenvalue weighted by Gasteiger charge is -2.17. The molecular formula is C15H23ClN3OS-. The summed E-state index contributed by atoms with van der Waals surface area (Å²) in [4.78, 5) is 8.96. The predicted molar refractivity (Wildman–Crippen MR) is 87.2 cm³/mol. The molecule has 1 aromatic carbocycles. The van der Waals surface area contributed by atoms with Gasteiger partial charge in [0.15, 0.2) is 5.13 Å². The molecule has 1 heterocycles. The van der Waals surface area contributed by atoms with Gasteiger partial charge in [-0.05, 0) is 31.3 Å². The van der Waals surface area contributed by atoms with Gasteiger partial charge < -0.3 is 26.9 Å². The van der Waals surface area contributed by atoms with Gasteiger partial charge in [-0.2, -0.15) is 0 Å². The molecule has 0 bridgehead atoms. The molecule has 0 saturated carbocycles. The molecule has 0 aliphatic carbocycles. The van der Waals surface area contributed by atoms with Crippen molar-refractivity contribution in [1.29, 1.82) is 0 Å². The topological polar surface area (TPSA) is 28.6 Å². The van der Waals surface area contributed by atoms with Gasteiger partial charge in [-0.1, -0.05) is 25.2 Å². The fourth-order valence-electron chi connectivity index (χ4n) is 2.01. The Morgan fingerprint density at radius 3 is 2.52 bits per heavy atom. The minimum absolute atomic E-state index is 0. The molecule has 1 aromatic heterocycles. The Balaban J connectivity index is 0.00000220. The van der Waals surface area contributed by atoms with Crippen molar-refractivity contribution >= 4 is 26.7 Å². The zero-order valence-electron chi connectivity index (χ0n) is 13.1. The van der Waals surface area contributed by atoms with E-state index < -0.39 is 0 Å². The normalized spacial score (nSPS) is 10.7. The number of thiazole rings is 1. The van der Waals surface area contributed by atoms with Crippen molar-refractivity contribution in [3.05, 3.63) is 18.2 Å². The molecule has 4 nitrogen and oxygen atoms in total. The van der Waals surface area contributed by atoms with E-state index in [9.17, 15) is 0 Å². The molecule has 6 heteroatoms. The van der Waals surface area contributed by atoms with Crippen LogP contribution in [0.15, 0.2) is 18.2 Å². The molecule has 0 fully saturated rings. The Morgan fingerprint density at radius 1 is 1.19 bits per heavy atom. The lowest BCUT2D eigenvalue weighted by Crippen LogP contribution is -3.00. The summed E-state index contributed by atoms with van der Waals surface area (Å²) in [7, 11) is 4.03. The van der Waals surface area contributed by atoms with Crippen molar-refractivity contribution in [3.8, 4) is 5.75 Å². The number of halogens is 1. The average molecular weight is 329 g/mol. The second-order valence-electron chi connectivity index (χ2n) is 4.90. The molecule has 0 atom stereocenters. The lowest BCUT2D eigenvalue weighted by molar-refractivity contribution is -0.00000472. The van der Waals surface area contributed by atoms with Crippen molar-refractivity contribution in [2.75, 3.05) is 45.2 Å². The summed E-state index contributed by atoms with van der Waals surface area (Å²) in [6.45, 7) is 8.19. The highest BCUT2D eigenvalue weighted by Crippen LogP contribution is 2.30. The molecule has 0 aliphatic rings. The lowest BCUT2D eigenvalue weighted by atomic mass is 10.3. The number of anilines is 1. The number of benzene rings is 1. The molecule has 0 saturated heterocycles. The molecule has 0 unspecified atom stereocenters. The minimum atomic E-state index is 0. The number of fused-ring (bicyclic) bond motifs is 1. The number of hydrogen-bond acceptors (Lipinski definition) is 5. The summed E-state index contributed by atoms with van der Waals surface area (Å²) in [5.74, 6) is 0.929. The molecular weight excluding hydrogens is 306 g/mol. The van der Waals surface area contributed by atoms with Crippen molar-refractivity contribution < 1.29 is 17.1 Å². The highest BCUT2D eigenvalue weighted by molar-refractivity contribution is 7.22. The van der Waals surface area contributed by atoms with Crippen LogP contribution < -0.4 is 22.0 Å². The van der Waals surface area contributed by atoms with Gasteiger partial charge in [-0.3, -0.25) is 0 Å². The van der Waals surface area contributed by atoms with Crippen molar-refractivity contribution in [2.24, 2.45) is 0 Å². The molecule has 0 N–H and O–H groups in total. The Morgan fingerprint density at radius 2 is 1.90 bits per heavy atom. The van der Waals surface area contributed by atoms with E-state index in [2.05, 4.69) is 29.8 Å². The quantitative estimate of drug-likeness (QED) is 0.720. The summed E-state index contributed by atoms with van der Waals surface area (Å²) < 4.78 is 7.02. The van der Waals surface area contributed by atoms with Gasteiger partial charge in [0.2, 0.25) is 0 Å². The number of hydrogen-bond donors (Lipinski definition) is 0. The van der Waals surface area contributed by atoms with E-state index in [4.69, 9.17) is 4.74 Å². The third kappa shape index (κ3) is 4.73. The first-order valence-electron chi connectivity index (χ1n) is 7.07. The smallest absolute Gasteiger partial charge is 0.185 e. The highest BCUT2D eigenvalue weighted by Gasteiger charge is 2.07. The standard InChI is InChI=1S/C15H23N3OS.ClH/c1-5-18(6-2)9-10-19-12-7-8-13-14(11-12)20-15(16-13)17(3)4;/h7-8,11H,5-6,9-10H2,1-4H3;1H/p-1. The predicted octanol–water partition coefficient (Wildman–Crippen LogP) is 0.0869. The molecule has 0 aliphatic heterocycles. The average Bonchev–Trinajstić information content (AvgIpc) is 2.87. The number of nitrogens with zero attached hydrogens (tertiary/aromatic N) is 3. The number of rotatable bonds is 7. The molecule has 21 heavy (non-hydrogen) atoms. The van der Waals surface area contributed by atoms with E-state index in [-0.39, 0.29) is 12.4 Å². The van der Waals surface area contributed by atoms with E-state index in [0.29, 0.717) is 0 Å². The van der Waals surface area contributed by atoms with Gasteiger partial charge in [0.25, 0.3) is 0 Å². The first-order valence-corrected chi connectivity index (χ1v) is 7.88. The van der Waals surface area contributed by atoms with Crippen LogP contribution in [0.5, 0.6) is 5.75 Å². The van der Waals surface area contributed by atoms with Crippen LogP contribution in [0.1, 0.15) is 13.8 Å². The van der Waals surface area contributed by atoms with Gasteiger partial charge in [0.05, 0.1) is 10.2 Å². The number of ether oxygens (including phenoxy) is 1. The third-order valence-electron chi connectivity index (χ3n) is 3.30. The molecule has 2 rings (SSSR count). The molecule has 0 radical (unpaired) electrons. The highest BCUT2D eigenvalue weighted by atomic mass is 35.5. The fourth-order valence-corrected chi connectivity index (χ4v) is 2.92. The first kappa shape index (κ1) is 18.0. The number of aromatic nitrogens is 1. The SMILES string of the molecule is CCN(CC)CCOc1ccc2nc(N(C)C)sc2c1.[Cl-]. The summed E-state index contributed by atoms with van der Waals surface area (Å²) >= 11 is 1.69. The summed E-state index contributed by atoms with van der Waals surface area (Å²) in [6, 6.07) is 6.12. The third-order valence-corrected chi connectivity index (χ3v) is 4.49. The first-order chi connectivity index (χ1) is 9.63. The van der Waals surface area contributed by atoms with Gasteiger partial charge in [-0.25, -0.2) is 4.98 Å². The Hall–Kier alpha value is -1.04. The second-order valence-corrected chi connectivity index (χ2v) is 5.90. The van der Waals surface area contributed by atoms with Crippen LogP contribution in [-0.4, -0.2) is 50.2 Å².